The molecule has 4 nitrogen and oxygen atoms in total. The largest absolute Gasteiger partial charge is 0.385 e. The molecule has 2 aliphatic heterocycles. The highest BCUT2D eigenvalue weighted by Crippen LogP contribution is 2.46. The third-order valence-electron chi connectivity index (χ3n) is 5.76. The third-order valence-corrected chi connectivity index (χ3v) is 6.84. The van der Waals surface area contributed by atoms with Crippen molar-refractivity contribution >= 4 is 11.8 Å². The van der Waals surface area contributed by atoms with Crippen molar-refractivity contribution in [1.29, 1.82) is 0 Å². The predicted octanol–water partition coefficient (Wildman–Crippen LogP) is 4.13. The molecule has 2 fully saturated rings. The maximum atomic E-state index is 13.6. The lowest BCUT2D eigenvalue weighted by Gasteiger charge is -2.44. The van der Waals surface area contributed by atoms with Gasteiger partial charge in [-0.2, -0.15) is 0 Å². The monoisotopic (exact) mass is 387 g/mol. The van der Waals surface area contributed by atoms with Gasteiger partial charge in [0, 0.05) is 42.3 Å². The number of aliphatic hydroxyl groups is 1. The second-order valence-electron chi connectivity index (χ2n) is 7.73. The molecule has 144 valence electrons. The molecule has 2 aliphatic rings. The molecule has 3 heterocycles. The van der Waals surface area contributed by atoms with Gasteiger partial charge >= 0.3 is 0 Å². The summed E-state index contributed by atoms with van der Waals surface area (Å²) in [5.41, 5.74) is 0.894. The number of thioether (sulfide) groups is 1. The van der Waals surface area contributed by atoms with Crippen molar-refractivity contribution in [2.45, 2.75) is 68.4 Å². The predicted molar refractivity (Wildman–Crippen MR) is 105 cm³/mol. The molecular weight excluding hydrogens is 361 g/mol. The van der Waals surface area contributed by atoms with Gasteiger partial charge in [0.2, 0.25) is 0 Å². The molecule has 27 heavy (non-hydrogen) atoms. The summed E-state index contributed by atoms with van der Waals surface area (Å²) in [4.78, 5) is 11.4. The molecule has 1 aromatic carbocycles. The summed E-state index contributed by atoms with van der Waals surface area (Å²) in [5.74, 6) is 0.753. The van der Waals surface area contributed by atoms with Crippen molar-refractivity contribution in [2.24, 2.45) is 0 Å². The summed E-state index contributed by atoms with van der Waals surface area (Å²) in [6.45, 7) is 2.96. The summed E-state index contributed by atoms with van der Waals surface area (Å²) in [6, 6.07) is 7.07. The summed E-state index contributed by atoms with van der Waals surface area (Å²) in [5, 5.41) is 12.1. The summed E-state index contributed by atoms with van der Waals surface area (Å²) in [7, 11) is 0. The van der Waals surface area contributed by atoms with E-state index in [9.17, 15) is 9.50 Å². The topological polar surface area (TPSA) is 49.2 Å². The van der Waals surface area contributed by atoms with Crippen LogP contribution in [0.4, 0.5) is 4.39 Å². The van der Waals surface area contributed by atoms with Crippen molar-refractivity contribution in [3.8, 4) is 0 Å². The first-order valence-electron chi connectivity index (χ1n) is 9.75. The number of fused-ring (bicyclic) bond motifs is 2. The van der Waals surface area contributed by atoms with Gasteiger partial charge in [-0.1, -0.05) is 30.8 Å². The first-order chi connectivity index (χ1) is 13.1. The van der Waals surface area contributed by atoms with Crippen molar-refractivity contribution in [3.63, 3.8) is 0 Å². The fourth-order valence-corrected chi connectivity index (χ4v) is 5.13. The summed E-state index contributed by atoms with van der Waals surface area (Å²) < 4.78 is 13.6. The van der Waals surface area contributed by atoms with Crippen molar-refractivity contribution in [2.75, 3.05) is 5.75 Å². The molecule has 1 aromatic heterocycles. The van der Waals surface area contributed by atoms with Crippen LogP contribution in [-0.4, -0.2) is 37.8 Å². The van der Waals surface area contributed by atoms with Crippen LogP contribution >= 0.6 is 11.8 Å². The number of piperidine rings is 1. The Morgan fingerprint density at radius 2 is 1.93 bits per heavy atom. The Hall–Kier alpha value is -1.50. The molecule has 2 atom stereocenters. The molecule has 2 aromatic rings. The third kappa shape index (κ3) is 4.03. The molecule has 2 saturated heterocycles. The number of halogens is 1. The van der Waals surface area contributed by atoms with Gasteiger partial charge in [-0.05, 0) is 49.8 Å². The van der Waals surface area contributed by atoms with E-state index in [1.165, 1.54) is 12.1 Å². The van der Waals surface area contributed by atoms with Crippen LogP contribution in [0.2, 0.25) is 0 Å². The number of hydrogen-bond donors (Lipinski definition) is 1. The van der Waals surface area contributed by atoms with E-state index in [-0.39, 0.29) is 5.82 Å². The molecule has 0 saturated carbocycles. The van der Waals surface area contributed by atoms with Crippen molar-refractivity contribution < 1.29 is 9.50 Å². The van der Waals surface area contributed by atoms with Crippen LogP contribution in [0.25, 0.3) is 0 Å². The fourth-order valence-electron chi connectivity index (χ4n) is 4.49. The molecule has 6 heteroatoms. The maximum absolute atomic E-state index is 13.6. The average molecular weight is 388 g/mol. The molecule has 0 unspecified atom stereocenters. The molecule has 1 N–H and O–H groups in total. The van der Waals surface area contributed by atoms with E-state index in [1.807, 2.05) is 18.5 Å². The van der Waals surface area contributed by atoms with Crippen molar-refractivity contribution in [3.05, 3.63) is 53.6 Å². The Bertz CT molecular complexity index is 771. The van der Waals surface area contributed by atoms with Gasteiger partial charge < -0.3 is 5.11 Å². The maximum Gasteiger partial charge on any atom is 0.187 e. The zero-order valence-electron chi connectivity index (χ0n) is 15.6. The molecule has 2 bridgehead atoms. The van der Waals surface area contributed by atoms with Crippen LogP contribution in [-0.2, 0) is 12.1 Å². The SMILES string of the molecule is CCCSc1ncc(CN2[C@H]3CC[C@H]2CC(O)(c2cccc(F)c2)C3)cn1. The minimum absolute atomic E-state index is 0.283. The van der Waals surface area contributed by atoms with Crippen LogP contribution in [0.3, 0.4) is 0 Å². The quantitative estimate of drug-likeness (QED) is 0.596. The first-order valence-corrected chi connectivity index (χ1v) is 10.7. The number of rotatable bonds is 6. The van der Waals surface area contributed by atoms with Crippen molar-refractivity contribution in [1.82, 2.24) is 14.9 Å². The Kier molecular flexibility index (Phi) is 5.48. The number of aromatic nitrogens is 2. The van der Waals surface area contributed by atoms with E-state index < -0.39 is 5.60 Å². The number of hydrogen-bond acceptors (Lipinski definition) is 5. The Balaban J connectivity index is 1.45. The number of nitrogens with zero attached hydrogens (tertiary/aromatic N) is 3. The zero-order valence-corrected chi connectivity index (χ0v) is 16.5. The minimum atomic E-state index is -0.929. The number of benzene rings is 1. The summed E-state index contributed by atoms with van der Waals surface area (Å²) in [6.07, 6.45) is 8.43. The van der Waals surface area contributed by atoms with Crippen LogP contribution < -0.4 is 0 Å². The van der Waals surface area contributed by atoms with Crippen LogP contribution in [0.5, 0.6) is 0 Å². The molecule has 0 amide bonds. The zero-order chi connectivity index (χ0) is 18.9. The smallest absolute Gasteiger partial charge is 0.187 e. The van der Waals surface area contributed by atoms with E-state index in [1.54, 1.807) is 17.8 Å². The minimum Gasteiger partial charge on any atom is -0.385 e. The van der Waals surface area contributed by atoms with Gasteiger partial charge in [0.05, 0.1) is 5.60 Å². The van der Waals surface area contributed by atoms with Crippen LogP contribution in [0.15, 0.2) is 41.8 Å². The molecular formula is C21H26FN3OS. The average Bonchev–Trinajstić information content (AvgIpc) is 2.91. The summed E-state index contributed by atoms with van der Waals surface area (Å²) >= 11 is 1.69. The Morgan fingerprint density at radius 3 is 2.56 bits per heavy atom. The van der Waals surface area contributed by atoms with E-state index in [0.29, 0.717) is 30.5 Å². The fraction of sp³-hybridized carbons (Fsp3) is 0.524. The molecule has 4 rings (SSSR count). The molecule has 0 radical (unpaired) electrons. The highest BCUT2D eigenvalue weighted by atomic mass is 32.2. The first kappa shape index (κ1) is 18.8. The van der Waals surface area contributed by atoms with E-state index >= 15 is 0 Å². The second kappa shape index (κ2) is 7.86. The lowest BCUT2D eigenvalue weighted by Crippen LogP contribution is -2.49. The van der Waals surface area contributed by atoms with E-state index in [0.717, 1.165) is 42.3 Å². The van der Waals surface area contributed by atoms with Crippen LogP contribution in [0, 0.1) is 5.82 Å². The molecule has 0 spiro atoms. The lowest BCUT2D eigenvalue weighted by molar-refractivity contribution is -0.0597. The highest BCUT2D eigenvalue weighted by Gasteiger charge is 2.48. The van der Waals surface area contributed by atoms with Gasteiger partial charge in [-0.25, -0.2) is 14.4 Å². The van der Waals surface area contributed by atoms with Gasteiger partial charge in [-0.15, -0.1) is 0 Å². The van der Waals surface area contributed by atoms with Gasteiger partial charge in [0.15, 0.2) is 5.16 Å². The Morgan fingerprint density at radius 1 is 1.22 bits per heavy atom. The lowest BCUT2D eigenvalue weighted by atomic mass is 9.80. The standard InChI is InChI=1S/C21H26FN3OS/c1-2-8-27-20-23-12-15(13-24-20)14-25-18-6-7-19(25)11-21(26,10-18)16-4-3-5-17(22)9-16/h3-5,9,12-13,18-19,26H,2,6-8,10-11,14H2,1H3/t18-,19-/m0/s1. The Labute approximate surface area is 164 Å². The second-order valence-corrected chi connectivity index (χ2v) is 8.79. The molecule has 0 aliphatic carbocycles. The van der Waals surface area contributed by atoms with E-state index in [4.69, 9.17) is 0 Å². The highest BCUT2D eigenvalue weighted by molar-refractivity contribution is 7.99. The van der Waals surface area contributed by atoms with Gasteiger partial charge in [-0.3, -0.25) is 4.90 Å². The van der Waals surface area contributed by atoms with Gasteiger partial charge in [0.25, 0.3) is 0 Å². The van der Waals surface area contributed by atoms with Crippen LogP contribution in [0.1, 0.15) is 50.2 Å². The van der Waals surface area contributed by atoms with Gasteiger partial charge in [0.1, 0.15) is 5.82 Å². The normalized spacial score (nSPS) is 27.8. The van der Waals surface area contributed by atoms with E-state index in [2.05, 4.69) is 21.8 Å².